The molecule has 1 fully saturated rings. The second-order valence-corrected chi connectivity index (χ2v) is 4.24. The lowest BCUT2D eigenvalue weighted by atomic mass is 10.1. The van der Waals surface area contributed by atoms with Gasteiger partial charge in [-0.1, -0.05) is 0 Å². The molecule has 5 heteroatoms. The number of carbonyl (C=O) groups excluding carboxylic acids is 1. The van der Waals surface area contributed by atoms with E-state index < -0.39 is 11.7 Å². The Kier molecular flexibility index (Phi) is 2.87. The van der Waals surface area contributed by atoms with Crippen LogP contribution >= 0.6 is 0 Å². The van der Waals surface area contributed by atoms with Crippen LogP contribution in [-0.2, 0) is 0 Å². The van der Waals surface area contributed by atoms with E-state index in [4.69, 9.17) is 5.73 Å². The minimum absolute atomic E-state index is 0.0304. The van der Waals surface area contributed by atoms with Crippen LogP contribution in [0.1, 0.15) is 23.2 Å². The molecule has 0 atom stereocenters. The number of halogens is 1. The third-order valence-electron chi connectivity index (χ3n) is 3.03. The van der Waals surface area contributed by atoms with E-state index in [1.807, 2.05) is 0 Å². The van der Waals surface area contributed by atoms with E-state index >= 15 is 0 Å². The number of rotatable bonds is 4. The molecule has 0 saturated heterocycles. The third-order valence-corrected chi connectivity index (χ3v) is 3.03. The fourth-order valence-corrected chi connectivity index (χ4v) is 1.55. The molecule has 1 aromatic rings. The van der Waals surface area contributed by atoms with Crippen LogP contribution in [0.2, 0.25) is 0 Å². The molecule has 1 heterocycles. The first kappa shape index (κ1) is 11.0. The minimum Gasteiger partial charge on any atom is -0.351 e. The van der Waals surface area contributed by atoms with Crippen molar-refractivity contribution in [2.24, 2.45) is 11.1 Å². The molecule has 3 N–H and O–H groups in total. The highest BCUT2D eigenvalue weighted by molar-refractivity contribution is 5.94. The average molecular weight is 223 g/mol. The number of aromatic nitrogens is 1. The number of nitrogens with one attached hydrogen (secondary N) is 1. The summed E-state index contributed by atoms with van der Waals surface area (Å²) in [5.41, 5.74) is 5.67. The maximum Gasteiger partial charge on any atom is 0.254 e. The van der Waals surface area contributed by atoms with Crippen LogP contribution in [0.15, 0.2) is 18.5 Å². The van der Waals surface area contributed by atoms with E-state index in [0.717, 1.165) is 19.0 Å². The van der Waals surface area contributed by atoms with E-state index in [-0.39, 0.29) is 11.0 Å². The zero-order valence-electron chi connectivity index (χ0n) is 8.87. The van der Waals surface area contributed by atoms with E-state index in [1.165, 1.54) is 12.3 Å². The maximum atomic E-state index is 13.2. The van der Waals surface area contributed by atoms with Gasteiger partial charge in [-0.25, -0.2) is 4.39 Å². The van der Waals surface area contributed by atoms with E-state index in [9.17, 15) is 9.18 Å². The standard InChI is InChI=1S/C11H14FN3O/c12-9-5-14-4-1-8(9)10(16)15-7-11(6-13)2-3-11/h1,4-5H,2-3,6-7,13H2,(H,15,16). The highest BCUT2D eigenvalue weighted by Crippen LogP contribution is 2.43. The Balaban J connectivity index is 1.96. The molecule has 16 heavy (non-hydrogen) atoms. The van der Waals surface area contributed by atoms with Crippen LogP contribution in [-0.4, -0.2) is 24.0 Å². The number of amides is 1. The van der Waals surface area contributed by atoms with Gasteiger partial charge in [0.05, 0.1) is 11.8 Å². The molecule has 0 unspecified atom stereocenters. The summed E-state index contributed by atoms with van der Waals surface area (Å²) in [6.07, 6.45) is 4.49. The van der Waals surface area contributed by atoms with Crippen molar-refractivity contribution >= 4 is 5.91 Å². The van der Waals surface area contributed by atoms with Crippen LogP contribution in [0.25, 0.3) is 0 Å². The molecular weight excluding hydrogens is 209 g/mol. The second-order valence-electron chi connectivity index (χ2n) is 4.24. The van der Waals surface area contributed by atoms with Crippen LogP contribution in [0, 0.1) is 11.2 Å². The van der Waals surface area contributed by atoms with Gasteiger partial charge in [0, 0.05) is 18.2 Å². The van der Waals surface area contributed by atoms with Crippen molar-refractivity contribution in [1.29, 1.82) is 0 Å². The van der Waals surface area contributed by atoms with Crippen molar-refractivity contribution in [3.05, 3.63) is 29.8 Å². The Morgan fingerprint density at radius 3 is 2.94 bits per heavy atom. The third kappa shape index (κ3) is 2.19. The van der Waals surface area contributed by atoms with Gasteiger partial charge in [-0.3, -0.25) is 9.78 Å². The highest BCUT2D eigenvalue weighted by Gasteiger charge is 2.41. The highest BCUT2D eigenvalue weighted by atomic mass is 19.1. The SMILES string of the molecule is NCC1(CNC(=O)c2ccncc2F)CC1. The molecule has 4 nitrogen and oxygen atoms in total. The first-order valence-electron chi connectivity index (χ1n) is 5.25. The van der Waals surface area contributed by atoms with Gasteiger partial charge in [0.15, 0.2) is 5.82 Å². The minimum atomic E-state index is -0.599. The molecule has 0 spiro atoms. The molecule has 2 rings (SSSR count). The zero-order chi connectivity index (χ0) is 11.6. The van der Waals surface area contributed by atoms with Crippen LogP contribution < -0.4 is 11.1 Å². The zero-order valence-corrected chi connectivity index (χ0v) is 8.87. The lowest BCUT2D eigenvalue weighted by Gasteiger charge is -2.13. The first-order chi connectivity index (χ1) is 7.67. The fraction of sp³-hybridized carbons (Fsp3) is 0.455. The lowest BCUT2D eigenvalue weighted by Crippen LogP contribution is -2.34. The summed E-state index contributed by atoms with van der Waals surface area (Å²) in [7, 11) is 0. The van der Waals surface area contributed by atoms with E-state index in [1.54, 1.807) is 0 Å². The molecule has 1 amide bonds. The molecular formula is C11H14FN3O. The monoisotopic (exact) mass is 223 g/mol. The number of pyridine rings is 1. The quantitative estimate of drug-likeness (QED) is 0.789. The van der Waals surface area contributed by atoms with Crippen molar-refractivity contribution in [1.82, 2.24) is 10.3 Å². The fourth-order valence-electron chi connectivity index (χ4n) is 1.55. The normalized spacial score (nSPS) is 16.9. The Labute approximate surface area is 93.1 Å². The smallest absolute Gasteiger partial charge is 0.254 e. The van der Waals surface area contributed by atoms with Gasteiger partial charge in [0.25, 0.3) is 5.91 Å². The van der Waals surface area contributed by atoms with Crippen molar-refractivity contribution < 1.29 is 9.18 Å². The summed E-state index contributed by atoms with van der Waals surface area (Å²) in [6, 6.07) is 1.37. The van der Waals surface area contributed by atoms with Crippen LogP contribution in [0.3, 0.4) is 0 Å². The largest absolute Gasteiger partial charge is 0.351 e. The molecule has 1 aliphatic carbocycles. The van der Waals surface area contributed by atoms with Crippen molar-refractivity contribution in [2.45, 2.75) is 12.8 Å². The molecule has 0 aromatic carbocycles. The summed E-state index contributed by atoms with van der Waals surface area (Å²) in [4.78, 5) is 15.2. The molecule has 1 saturated carbocycles. The van der Waals surface area contributed by atoms with Crippen molar-refractivity contribution in [3.63, 3.8) is 0 Å². The number of carbonyl (C=O) groups is 1. The predicted octanol–water partition coefficient (Wildman–Crippen LogP) is 0.689. The molecule has 1 aromatic heterocycles. The lowest BCUT2D eigenvalue weighted by molar-refractivity contribution is 0.0941. The van der Waals surface area contributed by atoms with Gasteiger partial charge in [-0.05, 0) is 25.5 Å². The molecule has 0 bridgehead atoms. The summed E-state index contributed by atoms with van der Waals surface area (Å²) < 4.78 is 13.2. The summed E-state index contributed by atoms with van der Waals surface area (Å²) >= 11 is 0. The van der Waals surface area contributed by atoms with Gasteiger partial charge in [-0.2, -0.15) is 0 Å². The van der Waals surface area contributed by atoms with Crippen LogP contribution in [0.5, 0.6) is 0 Å². The average Bonchev–Trinajstić information content (AvgIpc) is 3.07. The van der Waals surface area contributed by atoms with Crippen molar-refractivity contribution in [3.8, 4) is 0 Å². The Bertz CT molecular complexity index is 404. The molecule has 86 valence electrons. The van der Waals surface area contributed by atoms with Gasteiger partial charge in [0.1, 0.15) is 0 Å². The van der Waals surface area contributed by atoms with Crippen LogP contribution in [0.4, 0.5) is 4.39 Å². The van der Waals surface area contributed by atoms with Gasteiger partial charge >= 0.3 is 0 Å². The molecule has 0 aliphatic heterocycles. The number of hydrogen-bond donors (Lipinski definition) is 2. The number of nitrogens with zero attached hydrogens (tertiary/aromatic N) is 1. The molecule has 0 radical (unpaired) electrons. The summed E-state index contributed by atoms with van der Waals surface area (Å²) in [5.74, 6) is -1.00. The predicted molar refractivity (Wildman–Crippen MR) is 57.2 cm³/mol. The number of nitrogens with two attached hydrogens (primary N) is 1. The summed E-state index contributed by atoms with van der Waals surface area (Å²) in [6.45, 7) is 1.08. The summed E-state index contributed by atoms with van der Waals surface area (Å²) in [5, 5.41) is 2.71. The maximum absolute atomic E-state index is 13.2. The second kappa shape index (κ2) is 4.17. The van der Waals surface area contributed by atoms with Gasteiger partial charge in [0.2, 0.25) is 0 Å². The number of hydrogen-bond acceptors (Lipinski definition) is 3. The van der Waals surface area contributed by atoms with E-state index in [2.05, 4.69) is 10.3 Å². The Morgan fingerprint density at radius 1 is 1.62 bits per heavy atom. The van der Waals surface area contributed by atoms with Crippen molar-refractivity contribution in [2.75, 3.05) is 13.1 Å². The van der Waals surface area contributed by atoms with Gasteiger partial charge in [-0.15, -0.1) is 0 Å². The topological polar surface area (TPSA) is 68.0 Å². The van der Waals surface area contributed by atoms with Gasteiger partial charge < -0.3 is 11.1 Å². The Morgan fingerprint density at radius 2 is 2.38 bits per heavy atom. The van der Waals surface area contributed by atoms with E-state index in [0.29, 0.717) is 13.1 Å². The Hall–Kier alpha value is -1.49. The first-order valence-corrected chi connectivity index (χ1v) is 5.25. The molecule has 1 aliphatic rings.